The summed E-state index contributed by atoms with van der Waals surface area (Å²) >= 11 is 0. The average Bonchev–Trinajstić information content (AvgIpc) is 3.63. The predicted molar refractivity (Wildman–Crippen MR) is 120 cm³/mol. The van der Waals surface area contributed by atoms with Crippen LogP contribution in [0.2, 0.25) is 0 Å². The monoisotopic (exact) mass is 432 g/mol. The van der Waals surface area contributed by atoms with Crippen molar-refractivity contribution < 1.29 is 23.7 Å². The molecule has 5 heteroatoms. The van der Waals surface area contributed by atoms with Crippen LogP contribution >= 0.6 is 0 Å². The van der Waals surface area contributed by atoms with E-state index in [0.29, 0.717) is 26.4 Å². The first-order valence-electron chi connectivity index (χ1n) is 11.1. The number of hydrogen-bond acceptors (Lipinski definition) is 5. The highest BCUT2D eigenvalue weighted by atomic mass is 16.8. The molecule has 0 spiro atoms. The van der Waals surface area contributed by atoms with Gasteiger partial charge in [0.1, 0.15) is 24.4 Å². The molecule has 2 heterocycles. The summed E-state index contributed by atoms with van der Waals surface area (Å²) < 4.78 is 30.6. The van der Waals surface area contributed by atoms with Crippen LogP contribution in [0.25, 0.3) is 0 Å². The molecule has 166 valence electrons. The summed E-state index contributed by atoms with van der Waals surface area (Å²) in [7, 11) is 0. The molecule has 2 aliphatic heterocycles. The van der Waals surface area contributed by atoms with E-state index < -0.39 is 0 Å². The van der Waals surface area contributed by atoms with E-state index in [1.807, 2.05) is 54.6 Å². The molecule has 5 rings (SSSR count). The van der Waals surface area contributed by atoms with Crippen LogP contribution < -0.4 is 0 Å². The lowest BCUT2D eigenvalue weighted by Gasteiger charge is -2.35. The van der Waals surface area contributed by atoms with Gasteiger partial charge in [-0.25, -0.2) is 0 Å². The standard InChI is InChI=1S/C27H28O5/c1-4-10-20(11-5-1)16-28-19-23-24(29-17-21-12-6-2-7-13-21)25(26-27(31-23)32-26)30-18-22-14-8-3-9-15-22/h1-15,23-27H,16-19H2/t23-,24+,25+,26-,27+/m1/s1. The second-order valence-corrected chi connectivity index (χ2v) is 8.17. The molecule has 5 atom stereocenters. The zero-order chi connectivity index (χ0) is 21.6. The van der Waals surface area contributed by atoms with Gasteiger partial charge in [0.15, 0.2) is 6.29 Å². The molecule has 0 radical (unpaired) electrons. The van der Waals surface area contributed by atoms with Crippen molar-refractivity contribution in [3.63, 3.8) is 0 Å². The largest absolute Gasteiger partial charge is 0.374 e. The van der Waals surface area contributed by atoms with Crippen molar-refractivity contribution in [3.05, 3.63) is 108 Å². The summed E-state index contributed by atoms with van der Waals surface area (Å²) in [6.07, 6.45) is -1.14. The number of epoxide rings is 1. The molecule has 2 fully saturated rings. The van der Waals surface area contributed by atoms with Gasteiger partial charge in [0.2, 0.25) is 0 Å². The number of rotatable bonds is 10. The van der Waals surface area contributed by atoms with Crippen LogP contribution in [0.3, 0.4) is 0 Å². The fourth-order valence-corrected chi connectivity index (χ4v) is 4.03. The molecule has 0 amide bonds. The lowest BCUT2D eigenvalue weighted by atomic mass is 10.0. The van der Waals surface area contributed by atoms with Gasteiger partial charge in [-0.15, -0.1) is 0 Å². The van der Waals surface area contributed by atoms with Gasteiger partial charge in [0.25, 0.3) is 0 Å². The maximum absolute atomic E-state index is 6.37. The molecule has 32 heavy (non-hydrogen) atoms. The second-order valence-electron chi connectivity index (χ2n) is 8.17. The Morgan fingerprint density at radius 2 is 1.06 bits per heavy atom. The zero-order valence-corrected chi connectivity index (χ0v) is 17.9. The highest BCUT2D eigenvalue weighted by molar-refractivity contribution is 5.15. The lowest BCUT2D eigenvalue weighted by Crippen LogP contribution is -2.52. The third-order valence-electron chi connectivity index (χ3n) is 5.77. The van der Waals surface area contributed by atoms with Gasteiger partial charge in [-0.2, -0.15) is 0 Å². The van der Waals surface area contributed by atoms with Crippen molar-refractivity contribution in [1.82, 2.24) is 0 Å². The summed E-state index contributed by atoms with van der Waals surface area (Å²) in [5, 5.41) is 0. The van der Waals surface area contributed by atoms with Crippen LogP contribution in [0.1, 0.15) is 16.7 Å². The number of fused-ring (bicyclic) bond motifs is 1. The van der Waals surface area contributed by atoms with Crippen LogP contribution in [0.15, 0.2) is 91.0 Å². The predicted octanol–water partition coefficient (Wildman–Crippen LogP) is 4.50. The quantitative estimate of drug-likeness (QED) is 0.442. The lowest BCUT2D eigenvalue weighted by molar-refractivity contribution is -0.192. The second kappa shape index (κ2) is 10.4. The Bertz CT molecular complexity index is 950. The molecule has 0 bridgehead atoms. The summed E-state index contributed by atoms with van der Waals surface area (Å²) in [6, 6.07) is 30.4. The molecule has 3 aromatic rings. The maximum atomic E-state index is 6.37. The van der Waals surface area contributed by atoms with Gasteiger partial charge in [0.05, 0.1) is 26.4 Å². The van der Waals surface area contributed by atoms with E-state index in [2.05, 4.69) is 36.4 Å². The van der Waals surface area contributed by atoms with Crippen LogP contribution in [0, 0.1) is 0 Å². The van der Waals surface area contributed by atoms with E-state index in [4.69, 9.17) is 23.7 Å². The van der Waals surface area contributed by atoms with E-state index in [9.17, 15) is 0 Å². The van der Waals surface area contributed by atoms with Gasteiger partial charge in [-0.3, -0.25) is 0 Å². The Morgan fingerprint density at radius 3 is 1.62 bits per heavy atom. The molecule has 0 aliphatic carbocycles. The number of hydrogen-bond donors (Lipinski definition) is 0. The third-order valence-corrected chi connectivity index (χ3v) is 5.77. The van der Waals surface area contributed by atoms with Crippen LogP contribution in [0.4, 0.5) is 0 Å². The molecule has 2 aliphatic rings. The van der Waals surface area contributed by atoms with Crippen LogP contribution in [-0.2, 0) is 43.5 Å². The Labute approximate surface area is 188 Å². The molecule has 0 saturated carbocycles. The SMILES string of the molecule is c1ccc(COC[C@H]2O[C@H]3O[C@@H]3[C@@H](OCc3ccccc3)[C@H]2OCc2ccccc2)cc1. The molecule has 5 nitrogen and oxygen atoms in total. The minimum atomic E-state index is -0.293. The zero-order valence-electron chi connectivity index (χ0n) is 17.9. The topological polar surface area (TPSA) is 49.5 Å². The first-order valence-corrected chi connectivity index (χ1v) is 11.1. The average molecular weight is 433 g/mol. The molecular weight excluding hydrogens is 404 g/mol. The van der Waals surface area contributed by atoms with Crippen LogP contribution in [0.5, 0.6) is 0 Å². The van der Waals surface area contributed by atoms with Crippen molar-refractivity contribution in [3.8, 4) is 0 Å². The highest BCUT2D eigenvalue weighted by Gasteiger charge is 2.58. The fraction of sp³-hybridized carbons (Fsp3) is 0.333. The molecule has 0 unspecified atom stereocenters. The van der Waals surface area contributed by atoms with Crippen molar-refractivity contribution in [2.45, 2.75) is 50.5 Å². The fourth-order valence-electron chi connectivity index (χ4n) is 4.03. The first kappa shape index (κ1) is 21.3. The van der Waals surface area contributed by atoms with E-state index in [-0.39, 0.29) is 30.7 Å². The molecular formula is C27H28O5. The normalized spacial score (nSPS) is 26.4. The Kier molecular flexibility index (Phi) is 6.92. The number of ether oxygens (including phenoxy) is 5. The van der Waals surface area contributed by atoms with Crippen molar-refractivity contribution in [2.75, 3.05) is 6.61 Å². The third kappa shape index (κ3) is 5.44. The maximum Gasteiger partial charge on any atom is 0.187 e. The van der Waals surface area contributed by atoms with Crippen molar-refractivity contribution in [1.29, 1.82) is 0 Å². The Hall–Kier alpha value is -2.54. The summed E-state index contributed by atoms with van der Waals surface area (Å²) in [5.74, 6) is 0. The molecule has 0 aromatic heterocycles. The Morgan fingerprint density at radius 1 is 0.562 bits per heavy atom. The van der Waals surface area contributed by atoms with Gasteiger partial charge in [0, 0.05) is 0 Å². The van der Waals surface area contributed by atoms with E-state index >= 15 is 0 Å². The van der Waals surface area contributed by atoms with E-state index in [1.165, 1.54) is 0 Å². The van der Waals surface area contributed by atoms with Crippen molar-refractivity contribution in [2.24, 2.45) is 0 Å². The molecule has 0 N–H and O–H groups in total. The smallest absolute Gasteiger partial charge is 0.187 e. The first-order chi connectivity index (χ1) is 15.9. The van der Waals surface area contributed by atoms with Gasteiger partial charge in [-0.05, 0) is 16.7 Å². The molecule has 2 saturated heterocycles. The minimum absolute atomic E-state index is 0.107. The van der Waals surface area contributed by atoms with Gasteiger partial charge in [-0.1, -0.05) is 91.0 Å². The summed E-state index contributed by atoms with van der Waals surface area (Å²) in [6.45, 7) is 1.91. The minimum Gasteiger partial charge on any atom is -0.374 e. The van der Waals surface area contributed by atoms with Gasteiger partial charge < -0.3 is 23.7 Å². The number of benzene rings is 3. The van der Waals surface area contributed by atoms with Gasteiger partial charge >= 0.3 is 0 Å². The van der Waals surface area contributed by atoms with Crippen LogP contribution in [-0.4, -0.2) is 37.3 Å². The van der Waals surface area contributed by atoms with E-state index in [0.717, 1.165) is 16.7 Å². The van der Waals surface area contributed by atoms with E-state index in [1.54, 1.807) is 0 Å². The summed E-state index contributed by atoms with van der Waals surface area (Å²) in [5.41, 5.74) is 3.36. The molecule has 3 aromatic carbocycles. The Balaban J connectivity index is 1.26. The summed E-state index contributed by atoms with van der Waals surface area (Å²) in [4.78, 5) is 0. The highest BCUT2D eigenvalue weighted by Crippen LogP contribution is 2.39. The van der Waals surface area contributed by atoms with Crippen molar-refractivity contribution >= 4 is 0 Å².